The summed E-state index contributed by atoms with van der Waals surface area (Å²) in [7, 11) is 0. The molecule has 0 fully saturated rings. The van der Waals surface area contributed by atoms with Crippen molar-refractivity contribution in [3.8, 4) is 5.75 Å². The van der Waals surface area contributed by atoms with Crippen molar-refractivity contribution in [2.75, 3.05) is 6.54 Å². The first kappa shape index (κ1) is 12.5. The molecule has 0 heterocycles. The maximum atomic E-state index is 12.9. The molecule has 2 N–H and O–H groups in total. The Morgan fingerprint density at radius 1 is 1.50 bits per heavy atom. The molecule has 88 valence electrons. The standard InChI is InChI=1S/C12H16FNO2/c1-8(2)5-6-14-12(16)10-7-9(13)3-4-11(10)15/h3-4,7-8,15H,5-6H2,1-2H3,(H,14,16). The summed E-state index contributed by atoms with van der Waals surface area (Å²) < 4.78 is 12.9. The van der Waals surface area contributed by atoms with Gasteiger partial charge in [0.25, 0.3) is 5.91 Å². The smallest absolute Gasteiger partial charge is 0.255 e. The second kappa shape index (κ2) is 5.49. The second-order valence-electron chi connectivity index (χ2n) is 4.10. The molecule has 0 aliphatic heterocycles. The first-order valence-corrected chi connectivity index (χ1v) is 5.27. The molecule has 4 heteroatoms. The zero-order valence-electron chi connectivity index (χ0n) is 9.46. The highest BCUT2D eigenvalue weighted by Crippen LogP contribution is 2.17. The van der Waals surface area contributed by atoms with Gasteiger partial charge in [-0.2, -0.15) is 0 Å². The first-order valence-electron chi connectivity index (χ1n) is 5.27. The number of rotatable bonds is 4. The summed E-state index contributed by atoms with van der Waals surface area (Å²) >= 11 is 0. The molecule has 0 aromatic heterocycles. The summed E-state index contributed by atoms with van der Waals surface area (Å²) in [5, 5.41) is 12.0. The first-order chi connectivity index (χ1) is 7.50. The van der Waals surface area contributed by atoms with Gasteiger partial charge in [0.2, 0.25) is 0 Å². The minimum absolute atomic E-state index is 0.0243. The van der Waals surface area contributed by atoms with E-state index in [1.807, 2.05) is 13.8 Å². The molecule has 0 aliphatic carbocycles. The molecule has 3 nitrogen and oxygen atoms in total. The van der Waals surface area contributed by atoms with Crippen LogP contribution in [0.15, 0.2) is 18.2 Å². The van der Waals surface area contributed by atoms with Crippen molar-refractivity contribution in [2.45, 2.75) is 20.3 Å². The average molecular weight is 225 g/mol. The molecule has 0 radical (unpaired) electrons. The molecule has 0 spiro atoms. The fraction of sp³-hybridized carbons (Fsp3) is 0.417. The Balaban J connectivity index is 2.62. The largest absolute Gasteiger partial charge is 0.507 e. The number of amides is 1. The van der Waals surface area contributed by atoms with Crippen molar-refractivity contribution in [3.63, 3.8) is 0 Å². The Morgan fingerprint density at radius 3 is 2.81 bits per heavy atom. The third-order valence-electron chi connectivity index (χ3n) is 2.21. The maximum Gasteiger partial charge on any atom is 0.255 e. The van der Waals surface area contributed by atoms with Gasteiger partial charge in [0, 0.05) is 6.54 Å². The Labute approximate surface area is 94.3 Å². The Bertz CT molecular complexity index is 377. The number of phenolic OH excluding ortho intramolecular Hbond substituents is 1. The van der Waals surface area contributed by atoms with Gasteiger partial charge in [-0.1, -0.05) is 13.8 Å². The highest BCUT2D eigenvalue weighted by Gasteiger charge is 2.11. The number of aromatic hydroxyl groups is 1. The normalized spacial score (nSPS) is 10.5. The van der Waals surface area contributed by atoms with Gasteiger partial charge in [0.05, 0.1) is 5.56 Å². The summed E-state index contributed by atoms with van der Waals surface area (Å²) in [4.78, 5) is 11.6. The van der Waals surface area contributed by atoms with E-state index in [0.29, 0.717) is 12.5 Å². The number of nitrogens with one attached hydrogen (secondary N) is 1. The third kappa shape index (κ3) is 3.53. The van der Waals surface area contributed by atoms with E-state index in [4.69, 9.17) is 0 Å². The summed E-state index contributed by atoms with van der Waals surface area (Å²) in [6.07, 6.45) is 0.849. The van der Waals surface area contributed by atoms with Crippen LogP contribution >= 0.6 is 0 Å². The van der Waals surface area contributed by atoms with E-state index in [1.165, 1.54) is 6.07 Å². The number of hydrogen-bond donors (Lipinski definition) is 2. The maximum absolute atomic E-state index is 12.9. The SMILES string of the molecule is CC(C)CCNC(=O)c1cc(F)ccc1O. The molecule has 1 aromatic rings. The number of phenols is 1. The predicted molar refractivity (Wildman–Crippen MR) is 59.9 cm³/mol. The van der Waals surface area contributed by atoms with Crippen LogP contribution in [-0.4, -0.2) is 17.6 Å². The summed E-state index contributed by atoms with van der Waals surface area (Å²) in [5.41, 5.74) is -0.0243. The van der Waals surface area contributed by atoms with Gasteiger partial charge in [-0.05, 0) is 30.5 Å². The fourth-order valence-corrected chi connectivity index (χ4v) is 1.26. The molecule has 0 atom stereocenters. The van der Waals surface area contributed by atoms with Gasteiger partial charge in [0.1, 0.15) is 11.6 Å². The lowest BCUT2D eigenvalue weighted by molar-refractivity contribution is 0.0949. The topological polar surface area (TPSA) is 49.3 Å². The van der Waals surface area contributed by atoms with Crippen LogP contribution in [0.4, 0.5) is 4.39 Å². The molecule has 1 aromatic carbocycles. The molecule has 1 amide bonds. The van der Waals surface area contributed by atoms with Crippen LogP contribution in [0.1, 0.15) is 30.6 Å². The van der Waals surface area contributed by atoms with E-state index in [1.54, 1.807) is 0 Å². The molecule has 0 saturated carbocycles. The molecular weight excluding hydrogens is 209 g/mol. The molecule has 1 rings (SSSR count). The van der Waals surface area contributed by atoms with Crippen LogP contribution in [0, 0.1) is 11.7 Å². The average Bonchev–Trinajstić information content (AvgIpc) is 2.21. The van der Waals surface area contributed by atoms with Crippen LogP contribution in [0.5, 0.6) is 5.75 Å². The van der Waals surface area contributed by atoms with E-state index < -0.39 is 11.7 Å². The number of hydrogen-bond acceptors (Lipinski definition) is 2. The van der Waals surface area contributed by atoms with E-state index in [0.717, 1.165) is 18.6 Å². The number of halogens is 1. The zero-order chi connectivity index (χ0) is 12.1. The fourth-order valence-electron chi connectivity index (χ4n) is 1.26. The van der Waals surface area contributed by atoms with Gasteiger partial charge in [0.15, 0.2) is 0 Å². The summed E-state index contributed by atoms with van der Waals surface area (Å²) in [6.45, 7) is 4.62. The van der Waals surface area contributed by atoms with E-state index >= 15 is 0 Å². The van der Waals surface area contributed by atoms with E-state index in [-0.39, 0.29) is 11.3 Å². The highest BCUT2D eigenvalue weighted by molar-refractivity contribution is 5.96. The van der Waals surface area contributed by atoms with Crippen molar-refractivity contribution >= 4 is 5.91 Å². The highest BCUT2D eigenvalue weighted by atomic mass is 19.1. The Morgan fingerprint density at radius 2 is 2.19 bits per heavy atom. The lowest BCUT2D eigenvalue weighted by Crippen LogP contribution is -2.25. The summed E-state index contributed by atoms with van der Waals surface area (Å²) in [5.74, 6) is -0.700. The van der Waals surface area contributed by atoms with Gasteiger partial charge in [-0.3, -0.25) is 4.79 Å². The molecular formula is C12H16FNO2. The number of carbonyl (C=O) groups excluding carboxylic acids is 1. The number of benzene rings is 1. The van der Waals surface area contributed by atoms with Crippen LogP contribution in [-0.2, 0) is 0 Å². The van der Waals surface area contributed by atoms with E-state index in [9.17, 15) is 14.3 Å². The van der Waals surface area contributed by atoms with E-state index in [2.05, 4.69) is 5.32 Å². The van der Waals surface area contributed by atoms with Crippen molar-refractivity contribution < 1.29 is 14.3 Å². The van der Waals surface area contributed by atoms with Crippen LogP contribution in [0.3, 0.4) is 0 Å². The zero-order valence-corrected chi connectivity index (χ0v) is 9.46. The van der Waals surface area contributed by atoms with Crippen LogP contribution < -0.4 is 5.32 Å². The van der Waals surface area contributed by atoms with Crippen LogP contribution in [0.2, 0.25) is 0 Å². The van der Waals surface area contributed by atoms with Crippen molar-refractivity contribution in [3.05, 3.63) is 29.6 Å². The van der Waals surface area contributed by atoms with Gasteiger partial charge >= 0.3 is 0 Å². The molecule has 0 bridgehead atoms. The molecule has 16 heavy (non-hydrogen) atoms. The third-order valence-corrected chi connectivity index (χ3v) is 2.21. The monoisotopic (exact) mass is 225 g/mol. The van der Waals surface area contributed by atoms with Gasteiger partial charge in [-0.25, -0.2) is 4.39 Å². The Kier molecular flexibility index (Phi) is 4.28. The van der Waals surface area contributed by atoms with Crippen molar-refractivity contribution in [2.24, 2.45) is 5.92 Å². The summed E-state index contributed by atoms with van der Waals surface area (Å²) in [6, 6.07) is 3.31. The predicted octanol–water partition coefficient (Wildman–Crippen LogP) is 2.31. The lowest BCUT2D eigenvalue weighted by atomic mass is 10.1. The molecule has 0 aliphatic rings. The van der Waals surface area contributed by atoms with Crippen molar-refractivity contribution in [1.29, 1.82) is 0 Å². The lowest BCUT2D eigenvalue weighted by Gasteiger charge is -2.08. The molecule has 0 saturated heterocycles. The number of carbonyl (C=O) groups is 1. The van der Waals surface area contributed by atoms with Gasteiger partial charge < -0.3 is 10.4 Å². The minimum Gasteiger partial charge on any atom is -0.507 e. The van der Waals surface area contributed by atoms with Crippen LogP contribution in [0.25, 0.3) is 0 Å². The van der Waals surface area contributed by atoms with Gasteiger partial charge in [-0.15, -0.1) is 0 Å². The minimum atomic E-state index is -0.535. The quantitative estimate of drug-likeness (QED) is 0.826. The Hall–Kier alpha value is -1.58. The van der Waals surface area contributed by atoms with Crippen molar-refractivity contribution in [1.82, 2.24) is 5.32 Å². The molecule has 0 unspecified atom stereocenters. The second-order valence-corrected chi connectivity index (χ2v) is 4.10.